The van der Waals surface area contributed by atoms with E-state index in [4.69, 9.17) is 37.7 Å². The van der Waals surface area contributed by atoms with Gasteiger partial charge in [-0.3, -0.25) is 19.5 Å². The largest absolute Gasteiger partial charge is 0.496 e. The van der Waals surface area contributed by atoms with E-state index in [0.717, 1.165) is 112 Å². The van der Waals surface area contributed by atoms with Crippen molar-refractivity contribution in [2.75, 3.05) is 38.7 Å². The Morgan fingerprint density at radius 1 is 1.05 bits per heavy atom. The molecule has 2 aromatic carbocycles. The Morgan fingerprint density at radius 2 is 1.84 bits per heavy atom. The van der Waals surface area contributed by atoms with Crippen LogP contribution < -0.4 is 15.4 Å². The zero-order chi connectivity index (χ0) is 38.3. The predicted octanol–water partition coefficient (Wildman–Crippen LogP) is 7.77. The van der Waals surface area contributed by atoms with E-state index in [-0.39, 0.29) is 11.3 Å². The highest BCUT2D eigenvalue weighted by Crippen LogP contribution is 2.63. The van der Waals surface area contributed by atoms with Crippen LogP contribution in [0.2, 0.25) is 10.0 Å². The third-order valence-electron chi connectivity index (χ3n) is 12.7. The molecule has 1 saturated heterocycles. The molecule has 2 aliphatic heterocycles. The highest BCUT2D eigenvalue weighted by molar-refractivity contribution is 6.39. The number of carbonyl (C=O) groups excluding carboxylic acids is 1. The molecule has 1 amide bonds. The summed E-state index contributed by atoms with van der Waals surface area (Å²) in [5, 5.41) is 17.2. The van der Waals surface area contributed by atoms with Crippen LogP contribution >= 0.6 is 23.2 Å². The van der Waals surface area contributed by atoms with Gasteiger partial charge in [0, 0.05) is 86.5 Å². The van der Waals surface area contributed by atoms with Gasteiger partial charge in [-0.25, -0.2) is 4.98 Å². The number of aliphatic carboxylic acids is 1. The molecule has 8 rings (SSSR count). The first kappa shape index (κ1) is 37.9. The summed E-state index contributed by atoms with van der Waals surface area (Å²) in [5.41, 5.74) is 5.87. The van der Waals surface area contributed by atoms with E-state index < -0.39 is 11.4 Å². The van der Waals surface area contributed by atoms with Crippen molar-refractivity contribution in [1.82, 2.24) is 24.8 Å². The minimum absolute atomic E-state index is 0.144. The quantitative estimate of drug-likeness (QED) is 0.132. The lowest BCUT2D eigenvalue weighted by Crippen LogP contribution is -2.34. The van der Waals surface area contributed by atoms with E-state index in [1.165, 1.54) is 0 Å². The van der Waals surface area contributed by atoms with Crippen molar-refractivity contribution in [1.29, 1.82) is 0 Å². The second-order valence-corrected chi connectivity index (χ2v) is 16.6. The Bertz CT molecular complexity index is 2110. The number of imidazole rings is 1. The molecular weight excluding hydrogens is 739 g/mol. The molecule has 3 N–H and O–H groups in total. The fourth-order valence-corrected chi connectivity index (χ4v) is 9.99. The summed E-state index contributed by atoms with van der Waals surface area (Å²) in [7, 11) is 3.55. The van der Waals surface area contributed by atoms with Crippen molar-refractivity contribution >= 4 is 40.8 Å². The normalized spacial score (nSPS) is 22.5. The standard InChI is InChI=1S/C42H48Cl2N6O5/c1-49-33-9-18-50(19-16-41-12-14-42(25-41,15-13-41)40(52)53)24-32(33)47-38(49)39(51)48-31-5-3-4-29(35(31)43)30-8-17-45-37(36(30)44)26-6-7-27(34(22-26)54-2)23-46-28-10-20-55-21-11-28/h3-8,17,22,28,46H,9-16,18-21,23-25H2,1-2H3,(H,48,51)(H,52,53). The molecule has 290 valence electrons. The number of benzene rings is 2. The second-order valence-electron chi connectivity index (χ2n) is 15.9. The number of carboxylic acid groups (broad SMARTS) is 1. The molecule has 2 aromatic heterocycles. The number of halogens is 2. The number of rotatable bonds is 12. The van der Waals surface area contributed by atoms with Gasteiger partial charge in [-0.2, -0.15) is 0 Å². The molecule has 4 aliphatic rings. The topological polar surface area (TPSA) is 131 Å². The number of nitrogens with zero attached hydrogens (tertiary/aromatic N) is 4. The zero-order valence-corrected chi connectivity index (χ0v) is 32.9. The molecule has 3 fully saturated rings. The highest BCUT2D eigenvalue weighted by Gasteiger charge is 2.57. The van der Waals surface area contributed by atoms with Gasteiger partial charge in [-0.05, 0) is 81.5 Å². The molecule has 11 nitrogen and oxygen atoms in total. The number of hydrogen-bond acceptors (Lipinski definition) is 8. The molecule has 2 saturated carbocycles. The lowest BCUT2D eigenvalue weighted by atomic mass is 9.80. The fraction of sp³-hybridized carbons (Fsp3) is 0.476. The van der Waals surface area contributed by atoms with Crippen LogP contribution in [0.25, 0.3) is 22.4 Å². The number of methoxy groups -OCH3 is 1. The first-order valence-electron chi connectivity index (χ1n) is 19.3. The summed E-state index contributed by atoms with van der Waals surface area (Å²) in [6.07, 6.45) is 9.90. The van der Waals surface area contributed by atoms with Crippen molar-refractivity contribution in [3.05, 3.63) is 81.5 Å². The van der Waals surface area contributed by atoms with Gasteiger partial charge in [-0.1, -0.05) is 47.5 Å². The predicted molar refractivity (Wildman–Crippen MR) is 213 cm³/mol. The van der Waals surface area contributed by atoms with Crippen molar-refractivity contribution in [2.45, 2.75) is 76.9 Å². The summed E-state index contributed by atoms with van der Waals surface area (Å²) in [5.74, 6) is 0.112. The molecule has 2 bridgehead atoms. The van der Waals surface area contributed by atoms with Gasteiger partial charge in [0.1, 0.15) is 5.75 Å². The molecule has 4 aromatic rings. The molecule has 13 heteroatoms. The first-order chi connectivity index (χ1) is 26.6. The van der Waals surface area contributed by atoms with E-state index >= 15 is 0 Å². The number of carbonyl (C=O) groups is 2. The average molecular weight is 788 g/mol. The maximum atomic E-state index is 13.8. The van der Waals surface area contributed by atoms with Crippen molar-refractivity contribution in [3.8, 4) is 28.1 Å². The number of amides is 1. The van der Waals surface area contributed by atoms with E-state index in [9.17, 15) is 14.7 Å². The van der Waals surface area contributed by atoms with Crippen molar-refractivity contribution < 1.29 is 24.2 Å². The Morgan fingerprint density at radius 3 is 2.58 bits per heavy atom. The van der Waals surface area contributed by atoms with E-state index in [1.54, 1.807) is 19.4 Å². The molecule has 0 spiro atoms. The van der Waals surface area contributed by atoms with Gasteiger partial charge in [-0.15, -0.1) is 0 Å². The second kappa shape index (κ2) is 15.5. The van der Waals surface area contributed by atoms with Crippen LogP contribution in [0, 0.1) is 10.8 Å². The Hall–Kier alpha value is -4.00. The number of hydrogen-bond donors (Lipinski definition) is 3. The van der Waals surface area contributed by atoms with Gasteiger partial charge in [0.15, 0.2) is 5.82 Å². The Kier molecular flexibility index (Phi) is 10.7. The molecule has 2 aliphatic carbocycles. The lowest BCUT2D eigenvalue weighted by Gasteiger charge is -2.32. The van der Waals surface area contributed by atoms with Gasteiger partial charge < -0.3 is 29.8 Å². The van der Waals surface area contributed by atoms with Crippen LogP contribution in [0.4, 0.5) is 5.69 Å². The number of pyridine rings is 1. The number of anilines is 1. The van der Waals surface area contributed by atoms with Crippen LogP contribution in [0.15, 0.2) is 48.7 Å². The van der Waals surface area contributed by atoms with E-state index in [1.807, 2.05) is 48.0 Å². The fourth-order valence-electron chi connectivity index (χ4n) is 9.39. The minimum atomic E-state index is -0.620. The van der Waals surface area contributed by atoms with Crippen LogP contribution in [0.3, 0.4) is 0 Å². The summed E-state index contributed by atoms with van der Waals surface area (Å²) in [6, 6.07) is 13.7. The maximum absolute atomic E-state index is 13.8. The lowest BCUT2D eigenvalue weighted by molar-refractivity contribution is -0.148. The third kappa shape index (κ3) is 7.37. The smallest absolute Gasteiger partial charge is 0.309 e. The molecule has 0 unspecified atom stereocenters. The SMILES string of the molecule is COc1cc(-c2nccc(-c3cccc(NC(=O)c4nc5c(n4C)CCN(CCC46CCC(C(=O)O)(CC4)C6)C5)c3Cl)c2Cl)ccc1CNC1CCOCC1. The van der Waals surface area contributed by atoms with E-state index in [2.05, 4.69) is 20.5 Å². The summed E-state index contributed by atoms with van der Waals surface area (Å²) < 4.78 is 13.2. The highest BCUT2D eigenvalue weighted by atomic mass is 35.5. The molecule has 55 heavy (non-hydrogen) atoms. The van der Waals surface area contributed by atoms with Crippen LogP contribution in [0.1, 0.15) is 78.9 Å². The number of ether oxygens (including phenoxy) is 2. The van der Waals surface area contributed by atoms with Crippen molar-refractivity contribution in [3.63, 3.8) is 0 Å². The van der Waals surface area contributed by atoms with E-state index in [0.29, 0.717) is 57.5 Å². The minimum Gasteiger partial charge on any atom is -0.496 e. The summed E-state index contributed by atoms with van der Waals surface area (Å²) >= 11 is 14.1. The third-order valence-corrected chi connectivity index (χ3v) is 13.5. The molecular formula is C42H48Cl2N6O5. The molecule has 0 radical (unpaired) electrons. The van der Waals surface area contributed by atoms with Crippen LogP contribution in [0.5, 0.6) is 5.75 Å². The maximum Gasteiger partial charge on any atom is 0.309 e. The Labute approximate surface area is 331 Å². The van der Waals surface area contributed by atoms with Gasteiger partial charge >= 0.3 is 5.97 Å². The molecule has 4 heterocycles. The Balaban J connectivity index is 0.951. The average Bonchev–Trinajstić information content (AvgIpc) is 3.88. The summed E-state index contributed by atoms with van der Waals surface area (Å²) in [6.45, 7) is 4.68. The van der Waals surface area contributed by atoms with Gasteiger partial charge in [0.05, 0.1) is 39.6 Å². The number of aromatic nitrogens is 3. The van der Waals surface area contributed by atoms with Gasteiger partial charge in [0.25, 0.3) is 5.91 Å². The number of nitrogens with one attached hydrogen (secondary N) is 2. The van der Waals surface area contributed by atoms with Crippen LogP contribution in [-0.4, -0.2) is 75.9 Å². The number of carboxylic acids is 1. The summed E-state index contributed by atoms with van der Waals surface area (Å²) in [4.78, 5) is 37.6. The number of fused-ring (bicyclic) bond motifs is 3. The van der Waals surface area contributed by atoms with Gasteiger partial charge in [0.2, 0.25) is 0 Å². The van der Waals surface area contributed by atoms with Crippen LogP contribution in [-0.2, 0) is 36.1 Å². The monoisotopic (exact) mass is 786 g/mol. The molecule has 0 atom stereocenters. The van der Waals surface area contributed by atoms with Crippen molar-refractivity contribution in [2.24, 2.45) is 17.9 Å². The zero-order valence-electron chi connectivity index (χ0n) is 31.4. The first-order valence-corrected chi connectivity index (χ1v) is 20.1.